The average Bonchev–Trinajstić information content (AvgIpc) is 2.48. The molecule has 2 N–H and O–H groups in total. The van der Waals surface area contributed by atoms with Crippen LogP contribution in [0.25, 0.3) is 0 Å². The molecule has 1 unspecified atom stereocenters. The molecule has 0 aromatic heterocycles. The molecule has 1 fully saturated rings. The van der Waals surface area contributed by atoms with Crippen molar-refractivity contribution >= 4 is 0 Å². The quantitative estimate of drug-likeness (QED) is 0.837. The number of rotatable bonds is 6. The second-order valence-corrected chi connectivity index (χ2v) is 5.81. The maximum absolute atomic E-state index is 9.54. The number of ether oxygens (including phenoxy) is 1. The predicted molar refractivity (Wildman–Crippen MR) is 82.0 cm³/mol. The molecule has 1 aromatic carbocycles. The number of aliphatic hydroxyl groups excluding tert-OH is 1. The normalized spacial score (nSPS) is 24.4. The van der Waals surface area contributed by atoms with Crippen LogP contribution in [-0.4, -0.2) is 23.9 Å². The smallest absolute Gasteiger partial charge is 0.119 e. The Hall–Kier alpha value is -1.06. The molecule has 1 aliphatic carbocycles. The van der Waals surface area contributed by atoms with E-state index in [2.05, 4.69) is 31.3 Å². The van der Waals surface area contributed by atoms with Gasteiger partial charge in [-0.15, -0.1) is 0 Å². The van der Waals surface area contributed by atoms with Crippen LogP contribution in [0, 0.1) is 0 Å². The van der Waals surface area contributed by atoms with Crippen molar-refractivity contribution in [2.45, 2.75) is 64.1 Å². The molecule has 3 nitrogen and oxygen atoms in total. The van der Waals surface area contributed by atoms with Crippen molar-refractivity contribution in [3.05, 3.63) is 29.8 Å². The standard InChI is InChI=1S/C17H27NO2/c1-3-12-20-17-10-4-14(5-11-17)13(2)18-15-6-8-16(19)9-7-15/h4-5,10-11,13,15-16,18-19H,3,6-9,12H2,1-2H3. The van der Waals surface area contributed by atoms with Gasteiger partial charge in [-0.2, -0.15) is 0 Å². The molecule has 0 saturated heterocycles. The summed E-state index contributed by atoms with van der Waals surface area (Å²) < 4.78 is 5.60. The zero-order valence-corrected chi connectivity index (χ0v) is 12.6. The molecule has 3 heteroatoms. The number of nitrogens with one attached hydrogen (secondary N) is 1. The average molecular weight is 277 g/mol. The van der Waals surface area contributed by atoms with E-state index in [0.717, 1.165) is 44.5 Å². The van der Waals surface area contributed by atoms with E-state index in [1.54, 1.807) is 0 Å². The highest BCUT2D eigenvalue weighted by atomic mass is 16.5. The van der Waals surface area contributed by atoms with Gasteiger partial charge in [-0.1, -0.05) is 19.1 Å². The first kappa shape index (κ1) is 15.3. The van der Waals surface area contributed by atoms with Crippen molar-refractivity contribution in [2.75, 3.05) is 6.61 Å². The van der Waals surface area contributed by atoms with Crippen LogP contribution in [0.3, 0.4) is 0 Å². The molecule has 1 aromatic rings. The second kappa shape index (κ2) is 7.65. The second-order valence-electron chi connectivity index (χ2n) is 5.81. The van der Waals surface area contributed by atoms with E-state index in [1.807, 2.05) is 12.1 Å². The lowest BCUT2D eigenvalue weighted by Crippen LogP contribution is -2.36. The van der Waals surface area contributed by atoms with E-state index in [4.69, 9.17) is 4.74 Å². The topological polar surface area (TPSA) is 41.5 Å². The van der Waals surface area contributed by atoms with Gasteiger partial charge in [-0.25, -0.2) is 0 Å². The Balaban J connectivity index is 1.84. The Kier molecular flexibility index (Phi) is 5.86. The van der Waals surface area contributed by atoms with Gasteiger partial charge < -0.3 is 15.2 Å². The third-order valence-corrected chi connectivity index (χ3v) is 4.04. The highest BCUT2D eigenvalue weighted by Gasteiger charge is 2.20. The zero-order chi connectivity index (χ0) is 14.4. The van der Waals surface area contributed by atoms with E-state index in [0.29, 0.717) is 12.1 Å². The molecule has 0 aliphatic heterocycles. The molecule has 20 heavy (non-hydrogen) atoms. The molecule has 1 saturated carbocycles. The Labute approximate surface area is 122 Å². The lowest BCUT2D eigenvalue weighted by atomic mass is 9.92. The number of benzene rings is 1. The fourth-order valence-corrected chi connectivity index (χ4v) is 2.76. The van der Waals surface area contributed by atoms with E-state index in [-0.39, 0.29) is 6.10 Å². The number of aliphatic hydroxyl groups is 1. The fourth-order valence-electron chi connectivity index (χ4n) is 2.76. The van der Waals surface area contributed by atoms with Gasteiger partial charge in [0.05, 0.1) is 12.7 Å². The maximum atomic E-state index is 9.54. The first-order chi connectivity index (χ1) is 9.69. The van der Waals surface area contributed by atoms with Crippen LogP contribution >= 0.6 is 0 Å². The van der Waals surface area contributed by atoms with E-state index >= 15 is 0 Å². The van der Waals surface area contributed by atoms with Crippen LogP contribution in [0.2, 0.25) is 0 Å². The van der Waals surface area contributed by atoms with Crippen molar-refractivity contribution in [3.63, 3.8) is 0 Å². The summed E-state index contributed by atoms with van der Waals surface area (Å²) >= 11 is 0. The van der Waals surface area contributed by atoms with E-state index in [1.165, 1.54) is 5.56 Å². The van der Waals surface area contributed by atoms with Crippen LogP contribution in [0.4, 0.5) is 0 Å². The van der Waals surface area contributed by atoms with Crippen LogP contribution < -0.4 is 10.1 Å². The summed E-state index contributed by atoms with van der Waals surface area (Å²) in [4.78, 5) is 0. The predicted octanol–water partition coefficient (Wildman–Crippen LogP) is 3.43. The van der Waals surface area contributed by atoms with E-state index < -0.39 is 0 Å². The van der Waals surface area contributed by atoms with Crippen LogP contribution in [0.1, 0.15) is 57.6 Å². The van der Waals surface area contributed by atoms with E-state index in [9.17, 15) is 5.11 Å². The van der Waals surface area contributed by atoms with Crippen molar-refractivity contribution in [3.8, 4) is 5.75 Å². The summed E-state index contributed by atoms with van der Waals surface area (Å²) in [6.07, 6.45) is 4.94. The Bertz CT molecular complexity index is 382. The molecule has 0 radical (unpaired) electrons. The summed E-state index contributed by atoms with van der Waals surface area (Å²) in [5, 5.41) is 13.2. The van der Waals surface area contributed by atoms with Crippen LogP contribution in [0.5, 0.6) is 5.75 Å². The number of hydrogen-bond acceptors (Lipinski definition) is 3. The summed E-state index contributed by atoms with van der Waals surface area (Å²) in [5.74, 6) is 0.948. The summed E-state index contributed by atoms with van der Waals surface area (Å²) in [5.41, 5.74) is 1.29. The minimum absolute atomic E-state index is 0.0849. The first-order valence-corrected chi connectivity index (χ1v) is 7.86. The van der Waals surface area contributed by atoms with Gasteiger partial charge in [-0.05, 0) is 56.7 Å². The van der Waals surface area contributed by atoms with Gasteiger partial charge in [0, 0.05) is 12.1 Å². The van der Waals surface area contributed by atoms with Crippen LogP contribution in [0.15, 0.2) is 24.3 Å². The summed E-state index contributed by atoms with van der Waals surface area (Å²) in [7, 11) is 0. The summed E-state index contributed by atoms with van der Waals surface area (Å²) in [6.45, 7) is 5.09. The molecule has 1 aliphatic rings. The maximum Gasteiger partial charge on any atom is 0.119 e. The molecular weight excluding hydrogens is 250 g/mol. The first-order valence-electron chi connectivity index (χ1n) is 7.86. The van der Waals surface area contributed by atoms with Crippen molar-refractivity contribution in [2.24, 2.45) is 0 Å². The number of hydrogen-bond donors (Lipinski definition) is 2. The van der Waals surface area contributed by atoms with Gasteiger partial charge >= 0.3 is 0 Å². The van der Waals surface area contributed by atoms with Crippen molar-refractivity contribution in [1.29, 1.82) is 0 Å². The third-order valence-electron chi connectivity index (χ3n) is 4.04. The van der Waals surface area contributed by atoms with Crippen molar-refractivity contribution in [1.82, 2.24) is 5.32 Å². The Morgan fingerprint density at radius 2 is 1.85 bits per heavy atom. The lowest BCUT2D eigenvalue weighted by Gasteiger charge is -2.29. The fraction of sp³-hybridized carbons (Fsp3) is 0.647. The third kappa shape index (κ3) is 4.50. The molecule has 0 spiro atoms. The lowest BCUT2D eigenvalue weighted by molar-refractivity contribution is 0.114. The molecule has 0 amide bonds. The SMILES string of the molecule is CCCOc1ccc(C(C)NC2CCC(O)CC2)cc1. The Morgan fingerprint density at radius 3 is 2.45 bits per heavy atom. The minimum Gasteiger partial charge on any atom is -0.494 e. The van der Waals surface area contributed by atoms with Gasteiger partial charge in [0.15, 0.2) is 0 Å². The zero-order valence-electron chi connectivity index (χ0n) is 12.6. The monoisotopic (exact) mass is 277 g/mol. The van der Waals surface area contributed by atoms with Gasteiger partial charge in [0.25, 0.3) is 0 Å². The minimum atomic E-state index is -0.0849. The highest BCUT2D eigenvalue weighted by Crippen LogP contribution is 2.23. The molecule has 0 bridgehead atoms. The molecule has 112 valence electrons. The molecule has 1 atom stereocenters. The van der Waals surface area contributed by atoms with Crippen LogP contribution in [-0.2, 0) is 0 Å². The van der Waals surface area contributed by atoms with Gasteiger partial charge in [-0.3, -0.25) is 0 Å². The Morgan fingerprint density at radius 1 is 1.20 bits per heavy atom. The van der Waals surface area contributed by atoms with Crippen molar-refractivity contribution < 1.29 is 9.84 Å². The summed E-state index contributed by atoms with van der Waals surface area (Å²) in [6, 6.07) is 9.25. The largest absolute Gasteiger partial charge is 0.494 e. The highest BCUT2D eigenvalue weighted by molar-refractivity contribution is 5.29. The molecule has 0 heterocycles. The molecular formula is C17H27NO2. The van der Waals surface area contributed by atoms with Gasteiger partial charge in [0.1, 0.15) is 5.75 Å². The molecule has 2 rings (SSSR count). The van der Waals surface area contributed by atoms with Gasteiger partial charge in [0.2, 0.25) is 0 Å².